The van der Waals surface area contributed by atoms with Gasteiger partial charge in [0.15, 0.2) is 0 Å². The van der Waals surface area contributed by atoms with Gasteiger partial charge in [0, 0.05) is 50.7 Å². The predicted molar refractivity (Wildman–Crippen MR) is 98.1 cm³/mol. The second kappa shape index (κ2) is 8.67. The summed E-state index contributed by atoms with van der Waals surface area (Å²) in [7, 11) is 0. The second-order valence-corrected chi connectivity index (χ2v) is 6.81. The molecule has 2 N–H and O–H groups in total. The van der Waals surface area contributed by atoms with Crippen LogP contribution < -0.4 is 10.6 Å². The number of nitrogens with zero attached hydrogens (tertiary/aromatic N) is 3. The Morgan fingerprint density at radius 1 is 1.28 bits per heavy atom. The molecule has 1 aliphatic rings. The van der Waals surface area contributed by atoms with Crippen molar-refractivity contribution >= 4 is 6.03 Å². The van der Waals surface area contributed by atoms with E-state index in [0.29, 0.717) is 0 Å². The molecule has 3 rings (SSSR count). The molecule has 0 aliphatic carbocycles. The van der Waals surface area contributed by atoms with Crippen LogP contribution in [0.1, 0.15) is 25.3 Å². The first-order chi connectivity index (χ1) is 12.2. The zero-order chi connectivity index (χ0) is 17.5. The number of imidazole rings is 1. The number of benzene rings is 1. The van der Waals surface area contributed by atoms with Gasteiger partial charge in [-0.25, -0.2) is 9.78 Å². The Morgan fingerprint density at radius 2 is 2.04 bits per heavy atom. The van der Waals surface area contributed by atoms with E-state index < -0.39 is 0 Å². The highest BCUT2D eigenvalue weighted by atomic mass is 16.2. The van der Waals surface area contributed by atoms with E-state index >= 15 is 0 Å². The van der Waals surface area contributed by atoms with Gasteiger partial charge in [-0.15, -0.1) is 0 Å². The lowest BCUT2D eigenvalue weighted by Gasteiger charge is -2.32. The molecule has 2 heterocycles. The molecule has 134 valence electrons. The molecule has 2 aromatic rings. The van der Waals surface area contributed by atoms with Gasteiger partial charge < -0.3 is 15.2 Å². The minimum Gasteiger partial charge on any atom is -0.335 e. The molecule has 0 bridgehead atoms. The van der Waals surface area contributed by atoms with Gasteiger partial charge in [-0.05, 0) is 25.3 Å². The van der Waals surface area contributed by atoms with Crippen LogP contribution in [0.5, 0.6) is 0 Å². The zero-order valence-electron chi connectivity index (χ0n) is 14.8. The lowest BCUT2D eigenvalue weighted by molar-refractivity contribution is 0.185. The summed E-state index contributed by atoms with van der Waals surface area (Å²) >= 11 is 0. The molecule has 1 aromatic heterocycles. The van der Waals surface area contributed by atoms with E-state index in [2.05, 4.69) is 44.8 Å². The molecule has 0 spiro atoms. The van der Waals surface area contributed by atoms with E-state index in [0.717, 1.165) is 39.0 Å². The number of hydrogen-bond acceptors (Lipinski definition) is 3. The van der Waals surface area contributed by atoms with Crippen molar-refractivity contribution in [2.75, 3.05) is 13.1 Å². The third-order valence-corrected chi connectivity index (χ3v) is 4.59. The quantitative estimate of drug-likeness (QED) is 0.847. The fourth-order valence-electron chi connectivity index (χ4n) is 3.28. The Balaban J connectivity index is 1.36. The maximum atomic E-state index is 12.2. The summed E-state index contributed by atoms with van der Waals surface area (Å²) in [5.41, 5.74) is 1.35. The number of carbonyl (C=O) groups excluding carboxylic acids is 1. The van der Waals surface area contributed by atoms with Crippen molar-refractivity contribution in [2.45, 2.75) is 44.9 Å². The van der Waals surface area contributed by atoms with Gasteiger partial charge in [-0.3, -0.25) is 4.90 Å². The number of nitrogens with one attached hydrogen (secondary N) is 2. The molecule has 6 heteroatoms. The van der Waals surface area contributed by atoms with Crippen molar-refractivity contribution in [3.63, 3.8) is 0 Å². The number of hydrogen-bond donors (Lipinski definition) is 2. The molecule has 0 radical (unpaired) electrons. The first kappa shape index (κ1) is 17.5. The van der Waals surface area contributed by atoms with Crippen LogP contribution in [-0.2, 0) is 13.1 Å². The molecule has 0 saturated carbocycles. The highest BCUT2D eigenvalue weighted by Crippen LogP contribution is 2.13. The summed E-state index contributed by atoms with van der Waals surface area (Å²) in [6, 6.07) is 10.8. The van der Waals surface area contributed by atoms with Crippen LogP contribution in [0, 0.1) is 0 Å². The summed E-state index contributed by atoms with van der Waals surface area (Å²) < 4.78 is 1.97. The topological polar surface area (TPSA) is 62.2 Å². The average Bonchev–Trinajstić information content (AvgIpc) is 3.10. The number of carbonyl (C=O) groups is 1. The van der Waals surface area contributed by atoms with Crippen LogP contribution >= 0.6 is 0 Å². The molecule has 2 amide bonds. The fraction of sp³-hybridized carbons (Fsp3) is 0.474. The van der Waals surface area contributed by atoms with Crippen LogP contribution in [0.15, 0.2) is 49.1 Å². The lowest BCUT2D eigenvalue weighted by Crippen LogP contribution is -2.50. The van der Waals surface area contributed by atoms with Crippen molar-refractivity contribution in [3.05, 3.63) is 54.6 Å². The van der Waals surface area contributed by atoms with Crippen molar-refractivity contribution < 1.29 is 4.79 Å². The molecule has 25 heavy (non-hydrogen) atoms. The number of amides is 2. The minimum absolute atomic E-state index is 0.0624. The number of aromatic nitrogens is 2. The molecule has 1 unspecified atom stereocenters. The summed E-state index contributed by atoms with van der Waals surface area (Å²) in [4.78, 5) is 18.6. The normalized spacial score (nSPS) is 17.2. The number of likely N-dealkylation sites (tertiary alicyclic amines) is 1. The Labute approximate surface area is 149 Å². The van der Waals surface area contributed by atoms with Crippen molar-refractivity contribution in [2.24, 2.45) is 0 Å². The largest absolute Gasteiger partial charge is 0.335 e. The summed E-state index contributed by atoms with van der Waals surface area (Å²) in [5.74, 6) is 0. The predicted octanol–water partition coefficient (Wildman–Crippen LogP) is 2.24. The van der Waals surface area contributed by atoms with Crippen LogP contribution in [0.2, 0.25) is 0 Å². The van der Waals surface area contributed by atoms with Gasteiger partial charge in [0.1, 0.15) is 0 Å². The summed E-state index contributed by atoms with van der Waals surface area (Å²) in [6.07, 6.45) is 7.40. The van der Waals surface area contributed by atoms with Crippen molar-refractivity contribution in [1.82, 2.24) is 25.1 Å². The molecular weight excluding hydrogens is 314 g/mol. The lowest BCUT2D eigenvalue weighted by atomic mass is 10.0. The highest BCUT2D eigenvalue weighted by molar-refractivity contribution is 5.74. The standard InChI is InChI=1S/C19H27N5O/c1-16(13-24-12-9-20-15-24)21-19(25)22-18-7-10-23(11-8-18)14-17-5-3-2-4-6-17/h2-6,9,12,15-16,18H,7-8,10-11,13-14H2,1H3,(H2,21,22,25). The molecule has 1 saturated heterocycles. The Hall–Kier alpha value is -2.34. The van der Waals surface area contributed by atoms with Gasteiger partial charge in [0.2, 0.25) is 0 Å². The maximum absolute atomic E-state index is 12.2. The van der Waals surface area contributed by atoms with Crippen molar-refractivity contribution in [1.29, 1.82) is 0 Å². The number of piperidine rings is 1. The van der Waals surface area contributed by atoms with Crippen molar-refractivity contribution in [3.8, 4) is 0 Å². The average molecular weight is 341 g/mol. The van der Waals surface area contributed by atoms with E-state index in [1.54, 1.807) is 12.5 Å². The van der Waals surface area contributed by atoms with Gasteiger partial charge in [-0.2, -0.15) is 0 Å². The molecule has 1 fully saturated rings. The van der Waals surface area contributed by atoms with E-state index in [9.17, 15) is 4.79 Å². The van der Waals surface area contributed by atoms with Crippen LogP contribution in [0.4, 0.5) is 4.79 Å². The highest BCUT2D eigenvalue weighted by Gasteiger charge is 2.21. The van der Waals surface area contributed by atoms with Gasteiger partial charge in [-0.1, -0.05) is 30.3 Å². The molecule has 6 nitrogen and oxygen atoms in total. The monoisotopic (exact) mass is 341 g/mol. The number of urea groups is 1. The Morgan fingerprint density at radius 3 is 2.72 bits per heavy atom. The fourth-order valence-corrected chi connectivity index (χ4v) is 3.28. The molecule has 1 aromatic carbocycles. The molecule has 1 aliphatic heterocycles. The van der Waals surface area contributed by atoms with Crippen LogP contribution in [0.3, 0.4) is 0 Å². The van der Waals surface area contributed by atoms with E-state index in [4.69, 9.17) is 0 Å². The van der Waals surface area contributed by atoms with E-state index in [1.807, 2.05) is 23.8 Å². The third kappa shape index (κ3) is 5.60. The zero-order valence-corrected chi connectivity index (χ0v) is 14.8. The smallest absolute Gasteiger partial charge is 0.315 e. The Bertz CT molecular complexity index is 635. The molecule has 1 atom stereocenters. The van der Waals surface area contributed by atoms with Gasteiger partial charge in [0.25, 0.3) is 0 Å². The second-order valence-electron chi connectivity index (χ2n) is 6.81. The summed E-state index contributed by atoms with van der Waals surface area (Å²) in [6.45, 7) is 5.75. The van der Waals surface area contributed by atoms with Gasteiger partial charge >= 0.3 is 6.03 Å². The van der Waals surface area contributed by atoms with Crippen LogP contribution in [-0.4, -0.2) is 45.7 Å². The Kier molecular flexibility index (Phi) is 6.06. The number of rotatable bonds is 6. The molecular formula is C19H27N5O. The third-order valence-electron chi connectivity index (χ3n) is 4.59. The van der Waals surface area contributed by atoms with E-state index in [-0.39, 0.29) is 18.1 Å². The van der Waals surface area contributed by atoms with E-state index in [1.165, 1.54) is 5.56 Å². The maximum Gasteiger partial charge on any atom is 0.315 e. The first-order valence-corrected chi connectivity index (χ1v) is 8.98. The van der Waals surface area contributed by atoms with Crippen LogP contribution in [0.25, 0.3) is 0 Å². The van der Waals surface area contributed by atoms with Gasteiger partial charge in [0.05, 0.1) is 6.33 Å². The summed E-state index contributed by atoms with van der Waals surface area (Å²) in [5, 5.41) is 6.12. The SMILES string of the molecule is CC(Cn1ccnc1)NC(=O)NC1CCN(Cc2ccccc2)CC1. The first-order valence-electron chi connectivity index (χ1n) is 8.98. The minimum atomic E-state index is -0.0749.